The summed E-state index contributed by atoms with van der Waals surface area (Å²) in [4.78, 5) is 7.86. The Labute approximate surface area is 126 Å². The van der Waals surface area contributed by atoms with Gasteiger partial charge in [-0.3, -0.25) is 0 Å². The fourth-order valence-electron chi connectivity index (χ4n) is 3.44. The molecule has 3 rings (SSSR count). The van der Waals surface area contributed by atoms with Gasteiger partial charge in [-0.2, -0.15) is 0 Å². The molecule has 1 aliphatic carbocycles. The maximum Gasteiger partial charge on any atom is 0.139 e. The van der Waals surface area contributed by atoms with E-state index < -0.39 is 0 Å². The van der Waals surface area contributed by atoms with Crippen LogP contribution in [0.4, 0.5) is 5.82 Å². The fourth-order valence-corrected chi connectivity index (χ4v) is 3.59. The molecule has 1 atom stereocenters. The van der Waals surface area contributed by atoms with Gasteiger partial charge in [-0.25, -0.2) is 4.98 Å². The van der Waals surface area contributed by atoms with E-state index in [-0.39, 0.29) is 0 Å². The normalized spacial score (nSPS) is 22.4. The SMILES string of the molecule is CC1CCCCN1c1nc2c(cc1C(N)=S)CCCC2. The summed E-state index contributed by atoms with van der Waals surface area (Å²) in [6, 6.07) is 2.74. The van der Waals surface area contributed by atoms with E-state index in [0.29, 0.717) is 11.0 Å². The maximum atomic E-state index is 5.96. The molecule has 2 aliphatic rings. The second kappa shape index (κ2) is 5.68. The lowest BCUT2D eigenvalue weighted by atomic mass is 9.94. The van der Waals surface area contributed by atoms with Gasteiger partial charge in [0.05, 0.1) is 5.56 Å². The lowest BCUT2D eigenvalue weighted by molar-refractivity contribution is 0.480. The van der Waals surface area contributed by atoms with E-state index in [2.05, 4.69) is 17.9 Å². The third-order valence-electron chi connectivity index (χ3n) is 4.62. The van der Waals surface area contributed by atoms with Crippen molar-refractivity contribution in [2.75, 3.05) is 11.4 Å². The number of anilines is 1. The van der Waals surface area contributed by atoms with Gasteiger partial charge in [-0.15, -0.1) is 0 Å². The minimum Gasteiger partial charge on any atom is -0.389 e. The number of aryl methyl sites for hydroxylation is 2. The summed E-state index contributed by atoms with van der Waals surface area (Å²) in [5.41, 5.74) is 9.57. The third-order valence-corrected chi connectivity index (χ3v) is 4.84. The van der Waals surface area contributed by atoms with Crippen LogP contribution < -0.4 is 10.6 Å². The molecule has 0 saturated carbocycles. The predicted molar refractivity (Wildman–Crippen MR) is 87.4 cm³/mol. The smallest absolute Gasteiger partial charge is 0.139 e. The number of fused-ring (bicyclic) bond motifs is 1. The molecule has 0 aromatic carbocycles. The van der Waals surface area contributed by atoms with Gasteiger partial charge in [0.1, 0.15) is 10.8 Å². The van der Waals surface area contributed by atoms with Crippen LogP contribution in [0.1, 0.15) is 55.8 Å². The summed E-state index contributed by atoms with van der Waals surface area (Å²) in [5, 5.41) is 0. The number of nitrogens with zero attached hydrogens (tertiary/aromatic N) is 2. The Hall–Kier alpha value is -1.16. The first-order valence-electron chi connectivity index (χ1n) is 7.76. The van der Waals surface area contributed by atoms with Crippen molar-refractivity contribution in [3.8, 4) is 0 Å². The van der Waals surface area contributed by atoms with Crippen molar-refractivity contribution in [2.24, 2.45) is 5.73 Å². The number of hydrogen-bond acceptors (Lipinski definition) is 3. The molecule has 1 aromatic rings. The first-order valence-corrected chi connectivity index (χ1v) is 8.17. The van der Waals surface area contributed by atoms with Crippen molar-refractivity contribution in [1.82, 2.24) is 4.98 Å². The van der Waals surface area contributed by atoms with Crippen molar-refractivity contribution >= 4 is 23.0 Å². The average Bonchev–Trinajstić information content (AvgIpc) is 2.46. The van der Waals surface area contributed by atoms with E-state index in [1.54, 1.807) is 0 Å². The Morgan fingerprint density at radius 2 is 2.10 bits per heavy atom. The van der Waals surface area contributed by atoms with Gasteiger partial charge in [0.25, 0.3) is 0 Å². The monoisotopic (exact) mass is 289 g/mol. The summed E-state index contributed by atoms with van der Waals surface area (Å²) in [6.45, 7) is 3.35. The predicted octanol–water partition coefficient (Wildman–Crippen LogP) is 2.97. The Morgan fingerprint density at radius 3 is 2.85 bits per heavy atom. The van der Waals surface area contributed by atoms with E-state index in [0.717, 1.165) is 30.8 Å². The highest BCUT2D eigenvalue weighted by Gasteiger charge is 2.25. The van der Waals surface area contributed by atoms with Crippen LogP contribution in [0.2, 0.25) is 0 Å². The lowest BCUT2D eigenvalue weighted by Crippen LogP contribution is -2.39. The van der Waals surface area contributed by atoms with Crippen LogP contribution in [0, 0.1) is 0 Å². The largest absolute Gasteiger partial charge is 0.389 e. The van der Waals surface area contributed by atoms with Crippen LogP contribution in [0.15, 0.2) is 6.07 Å². The maximum absolute atomic E-state index is 5.96. The number of aromatic nitrogens is 1. The van der Waals surface area contributed by atoms with Crippen molar-refractivity contribution in [3.05, 3.63) is 22.9 Å². The molecule has 1 saturated heterocycles. The van der Waals surface area contributed by atoms with Gasteiger partial charge < -0.3 is 10.6 Å². The molecule has 1 aromatic heterocycles. The molecule has 2 N–H and O–H groups in total. The molecule has 1 unspecified atom stereocenters. The third kappa shape index (κ3) is 2.53. The van der Waals surface area contributed by atoms with E-state index in [9.17, 15) is 0 Å². The van der Waals surface area contributed by atoms with Crippen LogP contribution in [0.5, 0.6) is 0 Å². The van der Waals surface area contributed by atoms with E-state index in [1.807, 2.05) is 0 Å². The lowest BCUT2D eigenvalue weighted by Gasteiger charge is -2.36. The van der Waals surface area contributed by atoms with Gasteiger partial charge in [-0.05, 0) is 63.5 Å². The van der Waals surface area contributed by atoms with Crippen molar-refractivity contribution in [3.63, 3.8) is 0 Å². The quantitative estimate of drug-likeness (QED) is 0.850. The molecule has 0 bridgehead atoms. The second-order valence-electron chi connectivity index (χ2n) is 6.07. The van der Waals surface area contributed by atoms with Crippen LogP contribution in [0.3, 0.4) is 0 Å². The van der Waals surface area contributed by atoms with Crippen molar-refractivity contribution in [1.29, 1.82) is 0 Å². The van der Waals surface area contributed by atoms with Crippen molar-refractivity contribution < 1.29 is 0 Å². The minimum absolute atomic E-state index is 0.485. The standard InChI is InChI=1S/C16H23N3S/c1-11-6-4-5-9-19(11)16-13(15(17)20)10-12-7-2-3-8-14(12)18-16/h10-11H,2-9H2,1H3,(H2,17,20). The molecule has 3 nitrogen and oxygen atoms in total. The molecule has 0 amide bonds. The van der Waals surface area contributed by atoms with Crippen LogP contribution in [0.25, 0.3) is 0 Å². The van der Waals surface area contributed by atoms with Crippen LogP contribution >= 0.6 is 12.2 Å². The molecule has 20 heavy (non-hydrogen) atoms. The first kappa shape index (κ1) is 13.8. The number of piperidine rings is 1. The summed E-state index contributed by atoms with van der Waals surface area (Å²) >= 11 is 5.27. The zero-order valence-electron chi connectivity index (χ0n) is 12.2. The molecule has 108 valence electrons. The van der Waals surface area contributed by atoms with Gasteiger partial charge in [0, 0.05) is 18.3 Å². The molecule has 0 radical (unpaired) electrons. The van der Waals surface area contributed by atoms with Gasteiger partial charge in [-0.1, -0.05) is 12.2 Å². The topological polar surface area (TPSA) is 42.2 Å². The highest BCUT2D eigenvalue weighted by Crippen LogP contribution is 2.30. The summed E-state index contributed by atoms with van der Waals surface area (Å²) in [6.07, 6.45) is 8.50. The molecule has 4 heteroatoms. The molecule has 2 heterocycles. The van der Waals surface area contributed by atoms with E-state index in [1.165, 1.54) is 43.4 Å². The highest BCUT2D eigenvalue weighted by atomic mass is 32.1. The molecule has 1 fully saturated rings. The molecule has 0 spiro atoms. The van der Waals surface area contributed by atoms with Crippen LogP contribution in [-0.4, -0.2) is 22.6 Å². The number of hydrogen-bond donors (Lipinski definition) is 1. The zero-order valence-corrected chi connectivity index (χ0v) is 13.0. The van der Waals surface area contributed by atoms with Gasteiger partial charge >= 0.3 is 0 Å². The number of thiocarbonyl (C=S) groups is 1. The number of pyridine rings is 1. The van der Waals surface area contributed by atoms with Gasteiger partial charge in [0.2, 0.25) is 0 Å². The first-order chi connectivity index (χ1) is 9.66. The summed E-state index contributed by atoms with van der Waals surface area (Å²) in [7, 11) is 0. The molecular weight excluding hydrogens is 266 g/mol. The summed E-state index contributed by atoms with van der Waals surface area (Å²) in [5.74, 6) is 1.03. The highest BCUT2D eigenvalue weighted by molar-refractivity contribution is 7.80. The van der Waals surface area contributed by atoms with E-state index >= 15 is 0 Å². The van der Waals surface area contributed by atoms with Crippen molar-refractivity contribution in [2.45, 2.75) is 57.9 Å². The summed E-state index contributed by atoms with van der Waals surface area (Å²) < 4.78 is 0. The number of nitrogens with two attached hydrogens (primary N) is 1. The number of rotatable bonds is 2. The zero-order chi connectivity index (χ0) is 14.1. The Kier molecular flexibility index (Phi) is 3.92. The van der Waals surface area contributed by atoms with E-state index in [4.69, 9.17) is 22.9 Å². The Bertz CT molecular complexity index is 527. The average molecular weight is 289 g/mol. The molecular formula is C16H23N3S. The Balaban J connectivity index is 2.05. The second-order valence-corrected chi connectivity index (χ2v) is 6.51. The van der Waals surface area contributed by atoms with Crippen LogP contribution in [-0.2, 0) is 12.8 Å². The minimum atomic E-state index is 0.485. The van der Waals surface area contributed by atoms with Gasteiger partial charge in [0.15, 0.2) is 0 Å². The Morgan fingerprint density at radius 1 is 1.30 bits per heavy atom. The fraction of sp³-hybridized carbons (Fsp3) is 0.625. The molecule has 1 aliphatic heterocycles.